The van der Waals surface area contributed by atoms with Crippen molar-refractivity contribution in [2.24, 2.45) is 7.05 Å². The maximum absolute atomic E-state index is 11.9. The summed E-state index contributed by atoms with van der Waals surface area (Å²) in [5.41, 5.74) is 7.67. The van der Waals surface area contributed by atoms with Gasteiger partial charge in [0.25, 0.3) is 0 Å². The van der Waals surface area contributed by atoms with E-state index in [1.54, 1.807) is 10.9 Å². The van der Waals surface area contributed by atoms with Crippen LogP contribution in [0.4, 0.5) is 0 Å². The summed E-state index contributed by atoms with van der Waals surface area (Å²) in [6.07, 6.45) is 2.74. The lowest BCUT2D eigenvalue weighted by molar-refractivity contribution is -0.137. The quantitative estimate of drug-likeness (QED) is 0.392. The molecule has 2 atom stereocenters. The molecule has 8 heteroatoms. The fourth-order valence-electron chi connectivity index (χ4n) is 5.24. The third-order valence-electron chi connectivity index (χ3n) is 7.39. The van der Waals surface area contributed by atoms with Crippen LogP contribution in [-0.4, -0.2) is 48.6 Å². The third kappa shape index (κ3) is 5.06. The van der Waals surface area contributed by atoms with Gasteiger partial charge < -0.3 is 9.84 Å². The number of aryl methyl sites for hydroxylation is 3. The van der Waals surface area contributed by atoms with Gasteiger partial charge in [-0.15, -0.1) is 5.10 Å². The highest BCUT2D eigenvalue weighted by Gasteiger charge is 2.26. The molecule has 1 aliphatic heterocycles. The first-order valence-electron chi connectivity index (χ1n) is 12.8. The number of hydrogen-bond acceptors (Lipinski definition) is 6. The Morgan fingerprint density at radius 1 is 1.22 bits per heavy atom. The number of ether oxygens (including phenoxy) is 1. The van der Waals surface area contributed by atoms with Gasteiger partial charge in [0, 0.05) is 43.7 Å². The fourth-order valence-corrected chi connectivity index (χ4v) is 5.24. The molecule has 5 rings (SSSR count). The second-order valence-electron chi connectivity index (χ2n) is 9.98. The van der Waals surface area contributed by atoms with Crippen LogP contribution in [0.25, 0.3) is 11.0 Å². The van der Waals surface area contributed by atoms with Gasteiger partial charge >= 0.3 is 5.97 Å². The monoisotopic (exact) mass is 499 g/mol. The molecule has 2 aromatic carbocycles. The van der Waals surface area contributed by atoms with E-state index >= 15 is 0 Å². The maximum atomic E-state index is 11.9. The summed E-state index contributed by atoms with van der Waals surface area (Å²) in [7, 11) is 1.83. The first kappa shape index (κ1) is 24.9. The Bertz CT molecular complexity index is 1450. The Labute approximate surface area is 216 Å². The van der Waals surface area contributed by atoms with Crippen molar-refractivity contribution < 1.29 is 14.6 Å². The van der Waals surface area contributed by atoms with E-state index in [9.17, 15) is 9.90 Å². The molecule has 0 spiro atoms. The molecule has 4 aromatic rings. The Kier molecular flexibility index (Phi) is 6.93. The van der Waals surface area contributed by atoms with E-state index in [1.165, 1.54) is 16.7 Å². The minimum atomic E-state index is -0.861. The van der Waals surface area contributed by atoms with E-state index in [0.29, 0.717) is 0 Å². The van der Waals surface area contributed by atoms with E-state index in [4.69, 9.17) is 9.72 Å². The highest BCUT2D eigenvalue weighted by atomic mass is 16.5. The van der Waals surface area contributed by atoms with Gasteiger partial charge in [0.05, 0.1) is 18.3 Å². The maximum Gasteiger partial charge on any atom is 0.304 e. The average Bonchev–Trinajstić information content (AvgIpc) is 3.16. The zero-order valence-electron chi connectivity index (χ0n) is 21.8. The number of pyridine rings is 1. The summed E-state index contributed by atoms with van der Waals surface area (Å²) in [6.45, 7) is 8.60. The molecular weight excluding hydrogens is 466 g/mol. The van der Waals surface area contributed by atoms with Crippen molar-refractivity contribution in [3.63, 3.8) is 0 Å². The van der Waals surface area contributed by atoms with Crippen LogP contribution in [0, 0.1) is 13.8 Å². The van der Waals surface area contributed by atoms with Gasteiger partial charge in [-0.3, -0.25) is 14.7 Å². The van der Waals surface area contributed by atoms with Crippen molar-refractivity contribution in [3.8, 4) is 5.75 Å². The van der Waals surface area contributed by atoms with Crippen LogP contribution in [0.3, 0.4) is 0 Å². The molecule has 192 valence electrons. The molecule has 0 fully saturated rings. The Hall–Kier alpha value is -3.78. The van der Waals surface area contributed by atoms with Gasteiger partial charge in [0.1, 0.15) is 22.9 Å². The molecule has 8 nitrogen and oxygen atoms in total. The lowest BCUT2D eigenvalue weighted by Crippen LogP contribution is -2.32. The number of carboxylic acids is 1. The lowest BCUT2D eigenvalue weighted by atomic mass is 9.87. The largest absolute Gasteiger partial charge is 0.489 e. The fraction of sp³-hybridized carbons (Fsp3) is 0.379. The van der Waals surface area contributed by atoms with E-state index in [2.05, 4.69) is 53.3 Å². The zero-order chi connectivity index (χ0) is 26.1. The molecule has 1 aliphatic rings. The molecule has 2 aromatic heterocycles. The highest BCUT2D eigenvalue weighted by Crippen LogP contribution is 2.33. The molecule has 0 saturated carbocycles. The van der Waals surface area contributed by atoms with Gasteiger partial charge in [0.15, 0.2) is 0 Å². The van der Waals surface area contributed by atoms with E-state index < -0.39 is 5.97 Å². The van der Waals surface area contributed by atoms with Gasteiger partial charge in [-0.05, 0) is 43.0 Å². The second kappa shape index (κ2) is 10.3. The van der Waals surface area contributed by atoms with Crippen LogP contribution in [0.15, 0.2) is 48.7 Å². The van der Waals surface area contributed by atoms with Gasteiger partial charge in [-0.1, -0.05) is 48.5 Å². The summed E-state index contributed by atoms with van der Waals surface area (Å²) in [4.78, 5) is 19.1. The van der Waals surface area contributed by atoms with Crippen LogP contribution in [0.5, 0.6) is 5.75 Å². The summed E-state index contributed by atoms with van der Waals surface area (Å²) >= 11 is 0. The first-order valence-corrected chi connectivity index (χ1v) is 12.8. The molecule has 0 radical (unpaired) electrons. The van der Waals surface area contributed by atoms with Crippen molar-refractivity contribution in [3.05, 3.63) is 82.2 Å². The standard InChI is InChI=1S/C29H33N5O3/c1-5-23-17-34(15-21-8-6-7-9-26(21)37-23)16-22-12-20(11-10-18(22)2)24(13-27(35)36)28-19(3)29-25(14-30-28)33(4)32-31-29/h6-12,14,23-24H,5,13,15-17H2,1-4H3,(H,35,36). The molecule has 37 heavy (non-hydrogen) atoms. The van der Waals surface area contributed by atoms with Crippen molar-refractivity contribution in [1.29, 1.82) is 0 Å². The number of aliphatic carboxylic acids is 1. The van der Waals surface area contributed by atoms with E-state index in [0.717, 1.165) is 59.7 Å². The summed E-state index contributed by atoms with van der Waals surface area (Å²) in [5, 5.41) is 18.2. The Balaban J connectivity index is 1.50. The number of hydrogen-bond donors (Lipinski definition) is 1. The summed E-state index contributed by atoms with van der Waals surface area (Å²) < 4.78 is 7.97. The van der Waals surface area contributed by atoms with E-state index in [-0.39, 0.29) is 18.4 Å². The van der Waals surface area contributed by atoms with Crippen LogP contribution in [0.2, 0.25) is 0 Å². The van der Waals surface area contributed by atoms with Gasteiger partial charge in [-0.25, -0.2) is 4.68 Å². The molecule has 2 unspecified atom stereocenters. The number of benzene rings is 2. The predicted octanol–water partition coefficient (Wildman–Crippen LogP) is 4.76. The average molecular weight is 500 g/mol. The third-order valence-corrected chi connectivity index (χ3v) is 7.39. The van der Waals surface area contributed by atoms with Crippen molar-refractivity contribution in [2.75, 3.05) is 6.54 Å². The predicted molar refractivity (Wildman–Crippen MR) is 142 cm³/mol. The summed E-state index contributed by atoms with van der Waals surface area (Å²) in [5.74, 6) is -0.288. The number of nitrogens with zero attached hydrogens (tertiary/aromatic N) is 5. The topological polar surface area (TPSA) is 93.4 Å². The highest BCUT2D eigenvalue weighted by molar-refractivity contribution is 5.78. The molecule has 1 N–H and O–H groups in total. The zero-order valence-corrected chi connectivity index (χ0v) is 21.8. The molecular formula is C29H33N5O3. The van der Waals surface area contributed by atoms with E-state index in [1.807, 2.05) is 32.2 Å². The molecule has 0 saturated heterocycles. The normalized spacial score (nSPS) is 16.7. The number of rotatable bonds is 7. The number of para-hydroxylation sites is 1. The molecule has 3 heterocycles. The SMILES string of the molecule is CCC1CN(Cc2cc(C(CC(=O)O)c3ncc4c(nnn4C)c3C)ccc2C)Cc2ccccc2O1. The van der Waals surface area contributed by atoms with Crippen molar-refractivity contribution >= 4 is 17.0 Å². The van der Waals surface area contributed by atoms with Crippen LogP contribution >= 0.6 is 0 Å². The number of carbonyl (C=O) groups is 1. The van der Waals surface area contributed by atoms with Crippen LogP contribution in [-0.2, 0) is 24.9 Å². The second-order valence-corrected chi connectivity index (χ2v) is 9.98. The van der Waals surface area contributed by atoms with Crippen molar-refractivity contribution in [2.45, 2.75) is 58.7 Å². The minimum Gasteiger partial charge on any atom is -0.489 e. The number of carboxylic acid groups (broad SMARTS) is 1. The number of aromatic nitrogens is 4. The molecule has 0 bridgehead atoms. The van der Waals surface area contributed by atoms with Gasteiger partial charge in [-0.2, -0.15) is 0 Å². The minimum absolute atomic E-state index is 0.0506. The smallest absolute Gasteiger partial charge is 0.304 e. The lowest BCUT2D eigenvalue weighted by Gasteiger charge is -2.25. The molecule has 0 amide bonds. The van der Waals surface area contributed by atoms with Crippen LogP contribution in [0.1, 0.15) is 59.2 Å². The summed E-state index contributed by atoms with van der Waals surface area (Å²) in [6, 6.07) is 14.5. The Morgan fingerprint density at radius 3 is 2.81 bits per heavy atom. The van der Waals surface area contributed by atoms with Crippen molar-refractivity contribution in [1.82, 2.24) is 24.9 Å². The molecule has 0 aliphatic carbocycles. The number of fused-ring (bicyclic) bond motifs is 2. The van der Waals surface area contributed by atoms with Crippen LogP contribution < -0.4 is 4.74 Å². The Morgan fingerprint density at radius 2 is 2.03 bits per heavy atom. The van der Waals surface area contributed by atoms with Gasteiger partial charge in [0.2, 0.25) is 0 Å². The first-order chi connectivity index (χ1) is 17.8.